The maximum Gasteiger partial charge on any atom is 0.328 e. The summed E-state index contributed by atoms with van der Waals surface area (Å²) in [6.07, 6.45) is 1.63. The third-order valence-corrected chi connectivity index (χ3v) is 5.57. The van der Waals surface area contributed by atoms with Crippen LogP contribution in [0.5, 0.6) is 0 Å². The van der Waals surface area contributed by atoms with Crippen molar-refractivity contribution in [1.29, 1.82) is 0 Å². The number of aliphatic hydroxyl groups excluding tert-OH is 1. The van der Waals surface area contributed by atoms with E-state index in [1.165, 1.54) is 12.0 Å². The van der Waals surface area contributed by atoms with Crippen molar-refractivity contribution in [3.05, 3.63) is 11.6 Å². The van der Waals surface area contributed by atoms with Crippen molar-refractivity contribution in [3.63, 3.8) is 0 Å². The van der Waals surface area contributed by atoms with E-state index in [2.05, 4.69) is 24.6 Å². The third kappa shape index (κ3) is 3.64. The van der Waals surface area contributed by atoms with Gasteiger partial charge in [-0.1, -0.05) is 19.6 Å². The lowest BCUT2D eigenvalue weighted by atomic mass is 10.2. The van der Waals surface area contributed by atoms with E-state index in [4.69, 9.17) is 14.3 Å². The monoisotopic (exact) mass is 340 g/mol. The van der Waals surface area contributed by atoms with Crippen molar-refractivity contribution < 1.29 is 23.8 Å². The summed E-state index contributed by atoms with van der Waals surface area (Å²) in [5, 5.41) is 9.69. The Morgan fingerprint density at radius 1 is 1.43 bits per heavy atom. The fraction of sp³-hybridized carbons (Fsp3) is 0.667. The highest BCUT2D eigenvalue weighted by molar-refractivity contribution is 6.88. The Hall–Kier alpha value is -1.67. The second kappa shape index (κ2) is 6.84. The van der Waals surface area contributed by atoms with E-state index in [0.29, 0.717) is 24.2 Å². The quantitative estimate of drug-likeness (QED) is 0.621. The maximum absolute atomic E-state index is 12.9. The summed E-state index contributed by atoms with van der Waals surface area (Å²) in [7, 11) is -0.606. The van der Waals surface area contributed by atoms with E-state index >= 15 is 0 Å². The van der Waals surface area contributed by atoms with Crippen molar-refractivity contribution in [1.82, 2.24) is 9.88 Å². The van der Waals surface area contributed by atoms with Crippen molar-refractivity contribution in [2.24, 2.45) is 0 Å². The van der Waals surface area contributed by atoms with Gasteiger partial charge in [-0.2, -0.15) is 0 Å². The second-order valence-electron chi connectivity index (χ2n) is 6.69. The van der Waals surface area contributed by atoms with Gasteiger partial charge in [0.1, 0.15) is 19.5 Å². The Bertz CT molecular complexity index is 593. The zero-order chi connectivity index (χ0) is 17.2. The van der Waals surface area contributed by atoms with Gasteiger partial charge in [0.2, 0.25) is 0 Å². The molecule has 2 rings (SSSR count). The summed E-state index contributed by atoms with van der Waals surface area (Å²) in [4.78, 5) is 30.6. The van der Waals surface area contributed by atoms with Gasteiger partial charge in [-0.3, -0.25) is 4.79 Å². The molecule has 23 heavy (non-hydrogen) atoms. The van der Waals surface area contributed by atoms with Gasteiger partial charge in [-0.15, -0.1) is 0 Å². The Morgan fingerprint density at radius 2 is 2.13 bits per heavy atom. The molecule has 1 aliphatic heterocycles. The number of carbonyl (C=O) groups is 2. The highest BCUT2D eigenvalue weighted by Gasteiger charge is 2.39. The molecule has 1 saturated heterocycles. The number of oxazole rings is 1. The first-order valence-corrected chi connectivity index (χ1v) is 11.3. The van der Waals surface area contributed by atoms with Gasteiger partial charge in [0, 0.05) is 13.0 Å². The number of esters is 1. The standard InChI is InChI=1S/C15H24N2O5Si/c1-21-14(20)10-6-5-8-17(10)13(19)12-15(23(2,3)4)22-11(16-12)7-9-18/h10,18H,5-9H2,1-4H3/t10-/m1/s1. The summed E-state index contributed by atoms with van der Waals surface area (Å²) in [5.74, 6) is -0.324. The molecule has 0 aliphatic carbocycles. The van der Waals surface area contributed by atoms with E-state index in [0.717, 1.165) is 6.42 Å². The Kier molecular flexibility index (Phi) is 5.25. The predicted molar refractivity (Wildman–Crippen MR) is 86.3 cm³/mol. The highest BCUT2D eigenvalue weighted by atomic mass is 28.3. The topological polar surface area (TPSA) is 92.9 Å². The molecular weight excluding hydrogens is 316 g/mol. The van der Waals surface area contributed by atoms with Crippen molar-refractivity contribution >= 4 is 25.3 Å². The molecule has 2 heterocycles. The molecule has 1 amide bonds. The van der Waals surface area contributed by atoms with Crippen LogP contribution in [-0.4, -0.2) is 61.2 Å². The fourth-order valence-corrected chi connectivity index (χ4v) is 4.04. The number of aliphatic hydroxyl groups is 1. The Morgan fingerprint density at radius 3 is 2.70 bits per heavy atom. The minimum absolute atomic E-state index is 0.0895. The zero-order valence-corrected chi connectivity index (χ0v) is 15.1. The lowest BCUT2D eigenvalue weighted by Crippen LogP contribution is -2.46. The van der Waals surface area contributed by atoms with Gasteiger partial charge in [-0.25, -0.2) is 9.78 Å². The molecule has 0 saturated carbocycles. The number of nitrogens with zero attached hydrogens (tertiary/aromatic N) is 2. The second-order valence-corrected chi connectivity index (χ2v) is 11.6. The van der Waals surface area contributed by atoms with E-state index in [1.54, 1.807) is 0 Å². The largest absolute Gasteiger partial charge is 0.467 e. The molecule has 1 aromatic heterocycles. The zero-order valence-electron chi connectivity index (χ0n) is 14.1. The molecule has 1 fully saturated rings. The molecule has 1 aromatic rings. The summed E-state index contributed by atoms with van der Waals surface area (Å²) in [6, 6.07) is -0.556. The van der Waals surface area contributed by atoms with E-state index in [-0.39, 0.29) is 24.6 Å². The minimum atomic E-state index is -1.93. The predicted octanol–water partition coefficient (Wildman–Crippen LogP) is 0.532. The Balaban J connectivity index is 2.36. The molecule has 7 nitrogen and oxygen atoms in total. The van der Waals surface area contributed by atoms with E-state index in [9.17, 15) is 9.59 Å². The lowest BCUT2D eigenvalue weighted by molar-refractivity contribution is -0.145. The van der Waals surface area contributed by atoms with Gasteiger partial charge >= 0.3 is 5.97 Å². The number of likely N-dealkylation sites (tertiary alicyclic amines) is 1. The van der Waals surface area contributed by atoms with Crippen LogP contribution in [-0.2, 0) is 16.0 Å². The molecule has 0 bridgehead atoms. The average Bonchev–Trinajstić information content (AvgIpc) is 3.12. The van der Waals surface area contributed by atoms with Crippen LogP contribution < -0.4 is 5.38 Å². The van der Waals surface area contributed by atoms with Gasteiger partial charge < -0.3 is 19.2 Å². The SMILES string of the molecule is COC(=O)[C@H]1CCCN1C(=O)c1nc(CCO)oc1[Si](C)(C)C. The maximum atomic E-state index is 12.9. The fourth-order valence-electron chi connectivity index (χ4n) is 2.75. The normalized spacial score (nSPS) is 18.3. The number of hydrogen-bond acceptors (Lipinski definition) is 6. The molecule has 1 aliphatic rings. The Labute approximate surface area is 136 Å². The summed E-state index contributed by atoms with van der Waals surface area (Å²) in [6.45, 7) is 6.61. The molecule has 8 heteroatoms. The molecular formula is C15H24N2O5Si. The van der Waals surface area contributed by atoms with Gasteiger partial charge in [0.25, 0.3) is 5.91 Å². The van der Waals surface area contributed by atoms with Gasteiger partial charge in [0.15, 0.2) is 11.6 Å². The first kappa shape index (κ1) is 17.7. The molecule has 1 N–H and O–H groups in total. The molecule has 0 aromatic carbocycles. The number of ether oxygens (including phenoxy) is 1. The van der Waals surface area contributed by atoms with Crippen LogP contribution in [0.2, 0.25) is 19.6 Å². The van der Waals surface area contributed by atoms with Crippen LogP contribution in [0.15, 0.2) is 4.42 Å². The van der Waals surface area contributed by atoms with Crippen LogP contribution >= 0.6 is 0 Å². The third-order valence-electron chi connectivity index (χ3n) is 3.87. The summed E-state index contributed by atoms with van der Waals surface area (Å²) < 4.78 is 10.5. The number of aromatic nitrogens is 1. The van der Waals surface area contributed by atoms with Crippen molar-refractivity contribution in [2.45, 2.75) is 44.9 Å². The number of carbonyl (C=O) groups excluding carboxylic acids is 2. The van der Waals surface area contributed by atoms with Crippen LogP contribution in [0, 0.1) is 0 Å². The van der Waals surface area contributed by atoms with Crippen LogP contribution in [0.4, 0.5) is 0 Å². The molecule has 128 valence electrons. The number of amides is 1. The number of hydrogen-bond donors (Lipinski definition) is 1. The first-order valence-electron chi connectivity index (χ1n) is 7.79. The van der Waals surface area contributed by atoms with E-state index in [1.807, 2.05) is 0 Å². The van der Waals surface area contributed by atoms with Crippen molar-refractivity contribution in [3.8, 4) is 0 Å². The summed E-state index contributed by atoms with van der Waals surface area (Å²) >= 11 is 0. The minimum Gasteiger partial charge on any atom is -0.467 e. The van der Waals surface area contributed by atoms with Crippen molar-refractivity contribution in [2.75, 3.05) is 20.3 Å². The molecule has 1 atom stereocenters. The molecule has 0 unspecified atom stereocenters. The van der Waals surface area contributed by atoms with Gasteiger partial charge in [0.05, 0.1) is 13.7 Å². The average molecular weight is 340 g/mol. The smallest absolute Gasteiger partial charge is 0.328 e. The number of methoxy groups -OCH3 is 1. The highest BCUT2D eigenvalue weighted by Crippen LogP contribution is 2.21. The molecule has 0 radical (unpaired) electrons. The van der Waals surface area contributed by atoms with Crippen LogP contribution in [0.3, 0.4) is 0 Å². The van der Waals surface area contributed by atoms with Gasteiger partial charge in [-0.05, 0) is 12.8 Å². The van der Waals surface area contributed by atoms with E-state index < -0.39 is 20.1 Å². The lowest BCUT2D eigenvalue weighted by Gasteiger charge is -2.23. The summed E-state index contributed by atoms with van der Waals surface area (Å²) in [5.41, 5.74) is 0.281. The molecule has 0 spiro atoms. The van der Waals surface area contributed by atoms with Crippen LogP contribution in [0.1, 0.15) is 29.2 Å². The van der Waals surface area contributed by atoms with Crippen LogP contribution in [0.25, 0.3) is 0 Å². The first-order chi connectivity index (χ1) is 10.8. The number of rotatable bonds is 5.